The van der Waals surface area contributed by atoms with Crippen LogP contribution in [0.4, 0.5) is 18.9 Å². The van der Waals surface area contributed by atoms with E-state index >= 15 is 0 Å². The number of nitrogens with one attached hydrogen (secondary N) is 2. The molecule has 4 nitrogen and oxygen atoms in total. The molecule has 0 aromatic heterocycles. The summed E-state index contributed by atoms with van der Waals surface area (Å²) in [5.74, 6) is -2.00. The van der Waals surface area contributed by atoms with E-state index in [1.54, 1.807) is 17.4 Å². The van der Waals surface area contributed by atoms with E-state index in [4.69, 9.17) is 5.26 Å². The third-order valence-electron chi connectivity index (χ3n) is 2.87. The van der Waals surface area contributed by atoms with E-state index in [1.807, 2.05) is 6.92 Å². The summed E-state index contributed by atoms with van der Waals surface area (Å²) in [4.78, 5) is 10.9. The number of nitriles is 1. The third-order valence-corrected chi connectivity index (χ3v) is 2.87. The van der Waals surface area contributed by atoms with Gasteiger partial charge in [-0.25, -0.2) is 0 Å². The third kappa shape index (κ3) is 5.83. The molecule has 2 N–H and O–H groups in total. The standard InChI is InChI=1S/C14H16F3N3O/c1-2-11(6-7-18)19-9-10-4-3-5-12(8-10)20-13(21)14(15,16)17/h3-5,8,11,19H,2,6,9H2,1H3,(H,20,21). The molecule has 0 saturated heterocycles. The Labute approximate surface area is 121 Å². The monoisotopic (exact) mass is 299 g/mol. The van der Waals surface area contributed by atoms with Crippen molar-refractivity contribution < 1.29 is 18.0 Å². The second kappa shape index (κ2) is 7.64. The van der Waals surface area contributed by atoms with E-state index in [0.29, 0.717) is 13.0 Å². The number of nitrogens with zero attached hydrogens (tertiary/aromatic N) is 1. The molecule has 1 amide bonds. The molecule has 0 aliphatic carbocycles. The first-order valence-electron chi connectivity index (χ1n) is 6.44. The van der Waals surface area contributed by atoms with Crippen molar-refractivity contribution in [2.24, 2.45) is 0 Å². The Morgan fingerprint density at radius 2 is 2.14 bits per heavy atom. The number of halogens is 3. The Kier molecular flexibility index (Phi) is 6.18. The van der Waals surface area contributed by atoms with E-state index in [2.05, 4.69) is 11.4 Å². The molecule has 1 aromatic rings. The maximum absolute atomic E-state index is 12.2. The van der Waals surface area contributed by atoms with Gasteiger partial charge in [-0.2, -0.15) is 18.4 Å². The molecule has 0 aliphatic rings. The minimum absolute atomic E-state index is 0.0309. The van der Waals surface area contributed by atoms with Gasteiger partial charge in [0.1, 0.15) is 0 Å². The first kappa shape index (κ1) is 17.0. The Balaban J connectivity index is 2.64. The summed E-state index contributed by atoms with van der Waals surface area (Å²) in [6.45, 7) is 2.35. The molecule has 0 spiro atoms. The van der Waals surface area contributed by atoms with Crippen molar-refractivity contribution in [1.82, 2.24) is 5.32 Å². The molecule has 7 heteroatoms. The first-order chi connectivity index (χ1) is 9.86. The van der Waals surface area contributed by atoms with Crippen LogP contribution < -0.4 is 10.6 Å². The van der Waals surface area contributed by atoms with Crippen molar-refractivity contribution in [3.05, 3.63) is 29.8 Å². The zero-order chi connectivity index (χ0) is 15.9. The fourth-order valence-electron chi connectivity index (χ4n) is 1.69. The van der Waals surface area contributed by atoms with Gasteiger partial charge in [0.05, 0.1) is 12.5 Å². The van der Waals surface area contributed by atoms with E-state index in [0.717, 1.165) is 12.0 Å². The Bertz CT molecular complexity index is 523. The molecule has 1 aromatic carbocycles. The molecule has 0 heterocycles. The summed E-state index contributed by atoms with van der Waals surface area (Å²) in [6.07, 6.45) is -3.77. The molecule has 0 saturated carbocycles. The highest BCUT2D eigenvalue weighted by Gasteiger charge is 2.38. The lowest BCUT2D eigenvalue weighted by molar-refractivity contribution is -0.167. The normalized spacial score (nSPS) is 12.5. The highest BCUT2D eigenvalue weighted by molar-refractivity contribution is 5.94. The van der Waals surface area contributed by atoms with Gasteiger partial charge in [-0.15, -0.1) is 0 Å². The van der Waals surface area contributed by atoms with E-state index < -0.39 is 12.1 Å². The lowest BCUT2D eigenvalue weighted by Gasteiger charge is -2.14. The van der Waals surface area contributed by atoms with Gasteiger partial charge in [0.25, 0.3) is 0 Å². The Morgan fingerprint density at radius 1 is 1.43 bits per heavy atom. The van der Waals surface area contributed by atoms with Gasteiger partial charge in [-0.1, -0.05) is 19.1 Å². The van der Waals surface area contributed by atoms with Crippen molar-refractivity contribution in [1.29, 1.82) is 5.26 Å². The average Bonchev–Trinajstić information content (AvgIpc) is 2.43. The highest BCUT2D eigenvalue weighted by Crippen LogP contribution is 2.19. The SMILES string of the molecule is CCC(CC#N)NCc1cccc(NC(=O)C(F)(F)F)c1. The molecule has 21 heavy (non-hydrogen) atoms. The van der Waals surface area contributed by atoms with Crippen molar-refractivity contribution in [3.63, 3.8) is 0 Å². The highest BCUT2D eigenvalue weighted by atomic mass is 19.4. The molecule has 114 valence electrons. The van der Waals surface area contributed by atoms with Crippen LogP contribution in [0.1, 0.15) is 25.3 Å². The van der Waals surface area contributed by atoms with Crippen molar-refractivity contribution in [3.8, 4) is 6.07 Å². The summed E-state index contributed by atoms with van der Waals surface area (Å²) < 4.78 is 36.5. The van der Waals surface area contributed by atoms with Gasteiger partial charge in [-0.05, 0) is 24.1 Å². The number of rotatable bonds is 6. The Hall–Kier alpha value is -2.07. The largest absolute Gasteiger partial charge is 0.471 e. The molecule has 0 bridgehead atoms. The van der Waals surface area contributed by atoms with Crippen molar-refractivity contribution in [2.45, 2.75) is 38.5 Å². The maximum atomic E-state index is 12.2. The zero-order valence-electron chi connectivity index (χ0n) is 11.5. The number of hydrogen-bond donors (Lipinski definition) is 2. The fourth-order valence-corrected chi connectivity index (χ4v) is 1.69. The first-order valence-corrected chi connectivity index (χ1v) is 6.44. The van der Waals surface area contributed by atoms with Crippen LogP contribution in [0.15, 0.2) is 24.3 Å². The zero-order valence-corrected chi connectivity index (χ0v) is 11.5. The van der Waals surface area contributed by atoms with Gasteiger partial charge in [-0.3, -0.25) is 4.79 Å². The van der Waals surface area contributed by atoms with Gasteiger partial charge < -0.3 is 10.6 Å². The minimum atomic E-state index is -4.91. The van der Waals surface area contributed by atoms with Crippen LogP contribution in [-0.4, -0.2) is 18.1 Å². The molecule has 0 radical (unpaired) electrons. The predicted molar refractivity (Wildman–Crippen MR) is 72.3 cm³/mol. The minimum Gasteiger partial charge on any atom is -0.318 e. The summed E-state index contributed by atoms with van der Waals surface area (Å²) in [7, 11) is 0. The number of amides is 1. The van der Waals surface area contributed by atoms with Gasteiger partial charge >= 0.3 is 12.1 Å². The number of anilines is 1. The smallest absolute Gasteiger partial charge is 0.318 e. The quantitative estimate of drug-likeness (QED) is 0.848. The molecular weight excluding hydrogens is 283 g/mol. The summed E-state index contributed by atoms with van der Waals surface area (Å²) in [6, 6.07) is 8.25. The van der Waals surface area contributed by atoms with Gasteiger partial charge in [0.2, 0.25) is 0 Å². The van der Waals surface area contributed by atoms with Crippen LogP contribution in [-0.2, 0) is 11.3 Å². The van der Waals surface area contributed by atoms with Gasteiger partial charge in [0.15, 0.2) is 0 Å². The van der Waals surface area contributed by atoms with Crippen molar-refractivity contribution in [2.75, 3.05) is 5.32 Å². The second-order valence-corrected chi connectivity index (χ2v) is 4.50. The van der Waals surface area contributed by atoms with Crippen LogP contribution in [0.25, 0.3) is 0 Å². The summed E-state index contributed by atoms with van der Waals surface area (Å²) in [5, 5.41) is 13.6. The number of alkyl halides is 3. The Morgan fingerprint density at radius 3 is 2.71 bits per heavy atom. The van der Waals surface area contributed by atoms with Crippen LogP contribution in [0.2, 0.25) is 0 Å². The van der Waals surface area contributed by atoms with E-state index in [1.165, 1.54) is 12.1 Å². The number of carbonyl (C=O) groups is 1. The number of benzene rings is 1. The topological polar surface area (TPSA) is 64.9 Å². The molecule has 1 rings (SSSR count). The van der Waals surface area contributed by atoms with Crippen LogP contribution in [0, 0.1) is 11.3 Å². The van der Waals surface area contributed by atoms with E-state index in [-0.39, 0.29) is 11.7 Å². The summed E-state index contributed by atoms with van der Waals surface area (Å²) in [5.41, 5.74) is 0.816. The van der Waals surface area contributed by atoms with Crippen LogP contribution in [0.5, 0.6) is 0 Å². The molecule has 1 unspecified atom stereocenters. The molecule has 0 aliphatic heterocycles. The summed E-state index contributed by atoms with van der Waals surface area (Å²) >= 11 is 0. The second-order valence-electron chi connectivity index (χ2n) is 4.50. The van der Waals surface area contributed by atoms with Gasteiger partial charge in [0, 0.05) is 18.3 Å². The fraction of sp³-hybridized carbons (Fsp3) is 0.429. The number of carbonyl (C=O) groups excluding carboxylic acids is 1. The predicted octanol–water partition coefficient (Wildman–Crippen LogP) is 2.97. The lowest BCUT2D eigenvalue weighted by Crippen LogP contribution is -2.30. The average molecular weight is 299 g/mol. The number of hydrogen-bond acceptors (Lipinski definition) is 3. The van der Waals surface area contributed by atoms with Crippen LogP contribution >= 0.6 is 0 Å². The van der Waals surface area contributed by atoms with E-state index in [9.17, 15) is 18.0 Å². The van der Waals surface area contributed by atoms with Crippen LogP contribution in [0.3, 0.4) is 0 Å². The molecule has 1 atom stereocenters. The lowest BCUT2D eigenvalue weighted by atomic mass is 10.1. The molecule has 0 fully saturated rings. The maximum Gasteiger partial charge on any atom is 0.471 e. The molecular formula is C14H16F3N3O. The van der Waals surface area contributed by atoms with Crippen molar-refractivity contribution >= 4 is 11.6 Å².